The standard InChI is InChI=1S/C14H17N3O3/c1-10-6-12(17-20-10)8-16-7-11-2-4-13(5-3-11)19-9-14(15)18/h2-6,16H,7-9H2,1H3,(H2,15,18). The van der Waals surface area contributed by atoms with Gasteiger partial charge in [-0.05, 0) is 24.6 Å². The Hall–Kier alpha value is -2.34. The highest BCUT2D eigenvalue weighted by atomic mass is 16.5. The molecule has 2 aromatic rings. The van der Waals surface area contributed by atoms with Crippen molar-refractivity contribution in [2.75, 3.05) is 6.61 Å². The Morgan fingerprint density at radius 1 is 1.35 bits per heavy atom. The van der Waals surface area contributed by atoms with E-state index in [0.717, 1.165) is 17.0 Å². The van der Waals surface area contributed by atoms with Gasteiger partial charge in [-0.2, -0.15) is 0 Å². The number of nitrogens with one attached hydrogen (secondary N) is 1. The van der Waals surface area contributed by atoms with E-state index in [4.69, 9.17) is 15.0 Å². The summed E-state index contributed by atoms with van der Waals surface area (Å²) in [7, 11) is 0. The van der Waals surface area contributed by atoms with Gasteiger partial charge >= 0.3 is 0 Å². The van der Waals surface area contributed by atoms with Crippen molar-refractivity contribution in [2.24, 2.45) is 5.73 Å². The Bertz CT molecular complexity index is 563. The van der Waals surface area contributed by atoms with Gasteiger partial charge in [0.15, 0.2) is 6.61 Å². The predicted octanol–water partition coefficient (Wildman–Crippen LogP) is 1.14. The summed E-state index contributed by atoms with van der Waals surface area (Å²) in [4.78, 5) is 10.6. The Kier molecular flexibility index (Phi) is 4.73. The largest absolute Gasteiger partial charge is 0.484 e. The van der Waals surface area contributed by atoms with E-state index < -0.39 is 5.91 Å². The van der Waals surface area contributed by atoms with E-state index in [9.17, 15) is 4.79 Å². The molecule has 0 aliphatic carbocycles. The molecule has 106 valence electrons. The molecule has 3 N–H and O–H groups in total. The van der Waals surface area contributed by atoms with Gasteiger partial charge in [0.05, 0.1) is 5.69 Å². The second kappa shape index (κ2) is 6.72. The van der Waals surface area contributed by atoms with Crippen LogP contribution in [0.4, 0.5) is 0 Å². The van der Waals surface area contributed by atoms with Gasteiger partial charge in [-0.1, -0.05) is 17.3 Å². The number of carbonyl (C=O) groups excluding carboxylic acids is 1. The molecule has 0 unspecified atom stereocenters. The molecule has 0 spiro atoms. The molecular weight excluding hydrogens is 258 g/mol. The van der Waals surface area contributed by atoms with Gasteiger partial charge < -0.3 is 20.3 Å². The number of rotatable bonds is 7. The summed E-state index contributed by atoms with van der Waals surface area (Å²) in [5.41, 5.74) is 6.99. The van der Waals surface area contributed by atoms with Gasteiger partial charge in [0, 0.05) is 19.2 Å². The van der Waals surface area contributed by atoms with E-state index in [1.54, 1.807) is 12.1 Å². The number of primary amides is 1. The molecule has 6 heteroatoms. The number of carbonyl (C=O) groups is 1. The smallest absolute Gasteiger partial charge is 0.255 e. The van der Waals surface area contributed by atoms with E-state index in [1.807, 2.05) is 25.1 Å². The minimum atomic E-state index is -0.487. The number of benzene rings is 1. The van der Waals surface area contributed by atoms with Crippen LogP contribution >= 0.6 is 0 Å². The normalized spacial score (nSPS) is 10.4. The first-order chi connectivity index (χ1) is 9.63. The summed E-state index contributed by atoms with van der Waals surface area (Å²) < 4.78 is 10.2. The van der Waals surface area contributed by atoms with E-state index in [0.29, 0.717) is 18.8 Å². The average molecular weight is 275 g/mol. The molecular formula is C14H17N3O3. The van der Waals surface area contributed by atoms with Gasteiger partial charge in [-0.3, -0.25) is 4.79 Å². The second-order valence-electron chi connectivity index (χ2n) is 4.43. The summed E-state index contributed by atoms with van der Waals surface area (Å²) in [5.74, 6) is 0.941. The van der Waals surface area contributed by atoms with E-state index >= 15 is 0 Å². The number of hydrogen-bond acceptors (Lipinski definition) is 5. The molecule has 0 aliphatic heterocycles. The molecule has 0 saturated heterocycles. The van der Waals surface area contributed by atoms with E-state index in [-0.39, 0.29) is 6.61 Å². The van der Waals surface area contributed by atoms with Crippen LogP contribution in [0.25, 0.3) is 0 Å². The molecule has 1 amide bonds. The maximum Gasteiger partial charge on any atom is 0.255 e. The molecule has 0 radical (unpaired) electrons. The quantitative estimate of drug-likeness (QED) is 0.790. The SMILES string of the molecule is Cc1cc(CNCc2ccc(OCC(N)=O)cc2)no1. The van der Waals surface area contributed by atoms with Crippen molar-refractivity contribution in [2.45, 2.75) is 20.0 Å². The zero-order valence-corrected chi connectivity index (χ0v) is 11.3. The lowest BCUT2D eigenvalue weighted by atomic mass is 10.2. The van der Waals surface area contributed by atoms with Crippen molar-refractivity contribution in [3.8, 4) is 5.75 Å². The Morgan fingerprint density at radius 3 is 2.70 bits per heavy atom. The van der Waals surface area contributed by atoms with Gasteiger partial charge in [0.25, 0.3) is 5.91 Å². The molecule has 0 aliphatic rings. The summed E-state index contributed by atoms with van der Waals surface area (Å²) in [6.45, 7) is 3.11. The van der Waals surface area contributed by atoms with Crippen LogP contribution in [-0.2, 0) is 17.9 Å². The minimum absolute atomic E-state index is 0.108. The number of nitrogens with two attached hydrogens (primary N) is 1. The van der Waals surface area contributed by atoms with Crippen LogP contribution in [0.3, 0.4) is 0 Å². The fourth-order valence-corrected chi connectivity index (χ4v) is 1.69. The molecule has 1 aromatic heterocycles. The molecule has 1 aromatic carbocycles. The number of aromatic nitrogens is 1. The van der Waals surface area contributed by atoms with Crippen molar-refractivity contribution < 1.29 is 14.1 Å². The highest BCUT2D eigenvalue weighted by Gasteiger charge is 2.01. The van der Waals surface area contributed by atoms with Crippen molar-refractivity contribution >= 4 is 5.91 Å². The third-order valence-electron chi connectivity index (χ3n) is 2.62. The van der Waals surface area contributed by atoms with Crippen LogP contribution < -0.4 is 15.8 Å². The maximum atomic E-state index is 10.6. The Labute approximate surface area is 116 Å². The van der Waals surface area contributed by atoms with Crippen LogP contribution in [0, 0.1) is 6.92 Å². The number of ether oxygens (including phenoxy) is 1. The summed E-state index contributed by atoms with van der Waals surface area (Å²) in [5, 5.41) is 7.16. The molecule has 0 fully saturated rings. The second-order valence-corrected chi connectivity index (χ2v) is 4.43. The fraction of sp³-hybridized carbons (Fsp3) is 0.286. The lowest BCUT2D eigenvalue weighted by molar-refractivity contribution is -0.119. The lowest BCUT2D eigenvalue weighted by Crippen LogP contribution is -2.20. The monoisotopic (exact) mass is 275 g/mol. The van der Waals surface area contributed by atoms with E-state index in [1.165, 1.54) is 0 Å². The Morgan fingerprint density at radius 2 is 2.10 bits per heavy atom. The zero-order chi connectivity index (χ0) is 14.4. The number of amides is 1. The van der Waals surface area contributed by atoms with Gasteiger partial charge in [0.2, 0.25) is 0 Å². The number of nitrogens with zero attached hydrogens (tertiary/aromatic N) is 1. The summed E-state index contributed by atoms with van der Waals surface area (Å²) in [6, 6.07) is 9.36. The topological polar surface area (TPSA) is 90.4 Å². The molecule has 6 nitrogen and oxygen atoms in total. The first-order valence-electron chi connectivity index (χ1n) is 6.26. The van der Waals surface area contributed by atoms with Crippen LogP contribution in [-0.4, -0.2) is 17.7 Å². The molecule has 0 atom stereocenters. The molecule has 2 rings (SSSR count). The minimum Gasteiger partial charge on any atom is -0.484 e. The maximum absolute atomic E-state index is 10.6. The van der Waals surface area contributed by atoms with Crippen molar-refractivity contribution in [1.29, 1.82) is 0 Å². The number of hydrogen-bond donors (Lipinski definition) is 2. The highest BCUT2D eigenvalue weighted by molar-refractivity contribution is 5.75. The first-order valence-corrected chi connectivity index (χ1v) is 6.26. The summed E-state index contributed by atoms with van der Waals surface area (Å²) >= 11 is 0. The van der Waals surface area contributed by atoms with E-state index in [2.05, 4.69) is 10.5 Å². The van der Waals surface area contributed by atoms with Crippen molar-refractivity contribution in [1.82, 2.24) is 10.5 Å². The fourth-order valence-electron chi connectivity index (χ4n) is 1.69. The first kappa shape index (κ1) is 14.1. The number of aryl methyl sites for hydroxylation is 1. The highest BCUT2D eigenvalue weighted by Crippen LogP contribution is 2.12. The van der Waals surface area contributed by atoms with Gasteiger partial charge in [0.1, 0.15) is 11.5 Å². The van der Waals surface area contributed by atoms with Crippen LogP contribution in [0.2, 0.25) is 0 Å². The Balaban J connectivity index is 1.77. The average Bonchev–Trinajstić information content (AvgIpc) is 2.83. The molecule has 20 heavy (non-hydrogen) atoms. The third kappa shape index (κ3) is 4.40. The third-order valence-corrected chi connectivity index (χ3v) is 2.62. The van der Waals surface area contributed by atoms with Gasteiger partial charge in [-0.25, -0.2) is 0 Å². The zero-order valence-electron chi connectivity index (χ0n) is 11.3. The lowest BCUT2D eigenvalue weighted by Gasteiger charge is -2.06. The van der Waals surface area contributed by atoms with Crippen molar-refractivity contribution in [3.63, 3.8) is 0 Å². The summed E-state index contributed by atoms with van der Waals surface area (Å²) in [6.07, 6.45) is 0. The van der Waals surface area contributed by atoms with Gasteiger partial charge in [-0.15, -0.1) is 0 Å². The van der Waals surface area contributed by atoms with Crippen molar-refractivity contribution in [3.05, 3.63) is 47.3 Å². The van der Waals surface area contributed by atoms with Crippen LogP contribution in [0.5, 0.6) is 5.75 Å². The molecule has 0 bridgehead atoms. The molecule has 0 saturated carbocycles. The predicted molar refractivity (Wildman–Crippen MR) is 72.9 cm³/mol. The molecule has 1 heterocycles. The van der Waals surface area contributed by atoms with Crippen LogP contribution in [0.1, 0.15) is 17.0 Å². The van der Waals surface area contributed by atoms with Crippen LogP contribution in [0.15, 0.2) is 34.9 Å².